The van der Waals surface area contributed by atoms with Crippen LogP contribution in [0.3, 0.4) is 0 Å². The molecule has 0 spiro atoms. The van der Waals surface area contributed by atoms with Crippen LogP contribution in [-0.4, -0.2) is 30.1 Å². The molecule has 1 heterocycles. The fourth-order valence-corrected chi connectivity index (χ4v) is 3.24. The van der Waals surface area contributed by atoms with Gasteiger partial charge in [0.05, 0.1) is 0 Å². The maximum Gasteiger partial charge on any atom is 0.123 e. The van der Waals surface area contributed by atoms with Crippen molar-refractivity contribution in [2.45, 2.75) is 59.7 Å². The number of benzene rings is 1. The Morgan fingerprint density at radius 1 is 1.33 bits per heavy atom. The van der Waals surface area contributed by atoms with E-state index in [0.29, 0.717) is 12.1 Å². The Morgan fingerprint density at radius 3 is 2.62 bits per heavy atom. The van der Waals surface area contributed by atoms with Crippen LogP contribution in [-0.2, 0) is 6.54 Å². The van der Waals surface area contributed by atoms with E-state index in [1.807, 2.05) is 13.0 Å². The van der Waals surface area contributed by atoms with E-state index in [-0.39, 0.29) is 11.2 Å². The summed E-state index contributed by atoms with van der Waals surface area (Å²) in [5.74, 6) is -0.143. The summed E-state index contributed by atoms with van der Waals surface area (Å²) in [6, 6.07) is 6.22. The highest BCUT2D eigenvalue weighted by Crippen LogP contribution is 2.28. The SMILES string of the molecule is CCC1CN(Cc2ccc(F)cc2C)C(C(C)(C)C)CN1. The van der Waals surface area contributed by atoms with Crippen LogP contribution < -0.4 is 5.32 Å². The number of hydrogen-bond acceptors (Lipinski definition) is 2. The lowest BCUT2D eigenvalue weighted by Gasteiger charge is -2.46. The van der Waals surface area contributed by atoms with E-state index < -0.39 is 0 Å². The van der Waals surface area contributed by atoms with Crippen molar-refractivity contribution in [2.75, 3.05) is 13.1 Å². The standard InChI is InChI=1S/C18H29FN2/c1-6-16-12-21(17(10-20-16)18(3,4)5)11-14-7-8-15(19)9-13(14)2/h7-9,16-17,20H,6,10-12H2,1-5H3. The molecule has 0 aromatic heterocycles. The van der Waals surface area contributed by atoms with Gasteiger partial charge >= 0.3 is 0 Å². The van der Waals surface area contributed by atoms with Crippen molar-refractivity contribution in [3.05, 3.63) is 35.1 Å². The quantitative estimate of drug-likeness (QED) is 0.913. The van der Waals surface area contributed by atoms with Gasteiger partial charge in [-0.1, -0.05) is 33.8 Å². The van der Waals surface area contributed by atoms with E-state index in [0.717, 1.165) is 31.6 Å². The first-order valence-corrected chi connectivity index (χ1v) is 8.03. The van der Waals surface area contributed by atoms with Crippen LogP contribution in [0.2, 0.25) is 0 Å². The summed E-state index contributed by atoms with van der Waals surface area (Å²) in [7, 11) is 0. The molecule has 0 radical (unpaired) electrons. The zero-order valence-corrected chi connectivity index (χ0v) is 14.0. The Labute approximate surface area is 128 Å². The number of rotatable bonds is 3. The zero-order valence-electron chi connectivity index (χ0n) is 14.0. The third kappa shape index (κ3) is 4.04. The molecule has 2 atom stereocenters. The summed E-state index contributed by atoms with van der Waals surface area (Å²) < 4.78 is 13.3. The smallest absolute Gasteiger partial charge is 0.123 e. The van der Waals surface area contributed by atoms with Crippen LogP contribution in [0.1, 0.15) is 45.2 Å². The lowest BCUT2D eigenvalue weighted by molar-refractivity contribution is 0.0483. The first-order chi connectivity index (χ1) is 9.81. The summed E-state index contributed by atoms with van der Waals surface area (Å²) >= 11 is 0. The molecule has 2 rings (SSSR count). The van der Waals surface area contributed by atoms with Gasteiger partial charge in [0.15, 0.2) is 0 Å². The van der Waals surface area contributed by atoms with Gasteiger partial charge in [0.2, 0.25) is 0 Å². The molecule has 2 nitrogen and oxygen atoms in total. The van der Waals surface area contributed by atoms with E-state index in [9.17, 15) is 4.39 Å². The van der Waals surface area contributed by atoms with Crippen molar-refractivity contribution in [2.24, 2.45) is 5.41 Å². The van der Waals surface area contributed by atoms with Crippen molar-refractivity contribution in [3.8, 4) is 0 Å². The zero-order chi connectivity index (χ0) is 15.6. The number of nitrogens with one attached hydrogen (secondary N) is 1. The second-order valence-electron chi connectivity index (χ2n) is 7.40. The van der Waals surface area contributed by atoms with Gasteiger partial charge in [0.25, 0.3) is 0 Å². The minimum absolute atomic E-state index is 0.143. The monoisotopic (exact) mass is 292 g/mol. The van der Waals surface area contributed by atoms with Crippen molar-refractivity contribution >= 4 is 0 Å². The molecule has 0 bridgehead atoms. The summed E-state index contributed by atoms with van der Waals surface area (Å²) in [6.07, 6.45) is 1.15. The van der Waals surface area contributed by atoms with Crippen LogP contribution in [0.5, 0.6) is 0 Å². The molecular weight excluding hydrogens is 263 g/mol. The third-order valence-electron chi connectivity index (χ3n) is 4.67. The number of hydrogen-bond donors (Lipinski definition) is 1. The fourth-order valence-electron chi connectivity index (χ4n) is 3.24. The van der Waals surface area contributed by atoms with Crippen LogP contribution >= 0.6 is 0 Å². The van der Waals surface area contributed by atoms with Gasteiger partial charge in [-0.2, -0.15) is 0 Å². The predicted octanol–water partition coefficient (Wildman–Crippen LogP) is 3.73. The summed E-state index contributed by atoms with van der Waals surface area (Å²) in [4.78, 5) is 2.57. The normalized spacial score (nSPS) is 24.3. The topological polar surface area (TPSA) is 15.3 Å². The van der Waals surface area contributed by atoms with Gasteiger partial charge in [-0.3, -0.25) is 4.90 Å². The molecule has 0 aliphatic carbocycles. The molecule has 1 N–H and O–H groups in total. The van der Waals surface area contributed by atoms with Crippen LogP contribution in [0.4, 0.5) is 4.39 Å². The van der Waals surface area contributed by atoms with Gasteiger partial charge in [-0.25, -0.2) is 4.39 Å². The Kier molecular flexibility index (Phi) is 5.05. The minimum Gasteiger partial charge on any atom is -0.311 e. The highest BCUT2D eigenvalue weighted by Gasteiger charge is 2.35. The number of nitrogens with zero attached hydrogens (tertiary/aromatic N) is 1. The van der Waals surface area contributed by atoms with Crippen LogP contribution in [0.25, 0.3) is 0 Å². The van der Waals surface area contributed by atoms with Gasteiger partial charge < -0.3 is 5.32 Å². The number of halogens is 1. The highest BCUT2D eigenvalue weighted by atomic mass is 19.1. The average Bonchev–Trinajstić information content (AvgIpc) is 2.40. The molecule has 21 heavy (non-hydrogen) atoms. The lowest BCUT2D eigenvalue weighted by atomic mass is 9.83. The maximum atomic E-state index is 13.3. The first-order valence-electron chi connectivity index (χ1n) is 8.03. The lowest BCUT2D eigenvalue weighted by Crippen LogP contribution is -2.60. The van der Waals surface area contributed by atoms with Crippen molar-refractivity contribution in [1.29, 1.82) is 0 Å². The predicted molar refractivity (Wildman–Crippen MR) is 86.9 cm³/mol. The average molecular weight is 292 g/mol. The summed E-state index contributed by atoms with van der Waals surface area (Å²) in [6.45, 7) is 14.1. The molecule has 1 aliphatic rings. The Morgan fingerprint density at radius 2 is 2.05 bits per heavy atom. The summed E-state index contributed by atoms with van der Waals surface area (Å²) in [5.41, 5.74) is 2.52. The van der Waals surface area contributed by atoms with Gasteiger partial charge in [0.1, 0.15) is 5.82 Å². The number of piperazine rings is 1. The first kappa shape index (κ1) is 16.4. The Balaban J connectivity index is 2.19. The Bertz CT molecular complexity index is 479. The maximum absolute atomic E-state index is 13.3. The van der Waals surface area contributed by atoms with Crippen LogP contribution in [0, 0.1) is 18.2 Å². The molecule has 1 aromatic carbocycles. The Hall–Kier alpha value is -0.930. The molecule has 1 aliphatic heterocycles. The van der Waals surface area contributed by atoms with E-state index >= 15 is 0 Å². The van der Waals surface area contributed by atoms with Gasteiger partial charge in [0, 0.05) is 31.7 Å². The van der Waals surface area contributed by atoms with Crippen molar-refractivity contribution in [3.63, 3.8) is 0 Å². The second-order valence-corrected chi connectivity index (χ2v) is 7.40. The molecule has 1 saturated heterocycles. The molecule has 3 heteroatoms. The molecular formula is C18H29FN2. The molecule has 0 amide bonds. The summed E-state index contributed by atoms with van der Waals surface area (Å²) in [5, 5.41) is 3.66. The molecule has 118 valence electrons. The van der Waals surface area contributed by atoms with E-state index in [4.69, 9.17) is 0 Å². The largest absolute Gasteiger partial charge is 0.311 e. The van der Waals surface area contributed by atoms with Crippen molar-refractivity contribution < 1.29 is 4.39 Å². The fraction of sp³-hybridized carbons (Fsp3) is 0.667. The second kappa shape index (κ2) is 6.45. The van der Waals surface area contributed by atoms with Crippen molar-refractivity contribution in [1.82, 2.24) is 10.2 Å². The minimum atomic E-state index is -0.143. The molecule has 0 saturated carbocycles. The van der Waals surface area contributed by atoms with Crippen LogP contribution in [0.15, 0.2) is 18.2 Å². The van der Waals surface area contributed by atoms with E-state index in [1.165, 1.54) is 5.56 Å². The molecule has 2 unspecified atom stereocenters. The molecule has 1 aromatic rings. The van der Waals surface area contributed by atoms with Gasteiger partial charge in [-0.05, 0) is 42.0 Å². The third-order valence-corrected chi connectivity index (χ3v) is 4.67. The number of aryl methyl sites for hydroxylation is 1. The van der Waals surface area contributed by atoms with Gasteiger partial charge in [-0.15, -0.1) is 0 Å². The highest BCUT2D eigenvalue weighted by molar-refractivity contribution is 5.26. The van der Waals surface area contributed by atoms with E-state index in [2.05, 4.69) is 37.9 Å². The van der Waals surface area contributed by atoms with E-state index in [1.54, 1.807) is 12.1 Å². The molecule has 1 fully saturated rings.